The summed E-state index contributed by atoms with van der Waals surface area (Å²) in [6, 6.07) is 8.06. The van der Waals surface area contributed by atoms with Gasteiger partial charge in [0, 0.05) is 18.2 Å². The monoisotopic (exact) mass is 416 g/mol. The molecule has 1 aliphatic carbocycles. The maximum Gasteiger partial charge on any atom is 0.233 e. The molecule has 0 radical (unpaired) electrons. The first-order valence-electron chi connectivity index (χ1n) is 10.5. The first kappa shape index (κ1) is 21.7. The van der Waals surface area contributed by atoms with Gasteiger partial charge in [-0.15, -0.1) is 10.2 Å². The SMILES string of the molecule is CCn1c(S[C@H](C)C(=O)N[C@@H]2CCC[C@H](C)[C@@H]2C)nnc1-c1ccc(OC)cc1. The molecule has 1 heterocycles. The molecule has 0 saturated heterocycles. The molecule has 0 unspecified atom stereocenters. The van der Waals surface area contributed by atoms with Crippen LogP contribution >= 0.6 is 11.8 Å². The van der Waals surface area contributed by atoms with Crippen LogP contribution in [0.2, 0.25) is 0 Å². The number of carbonyl (C=O) groups excluding carboxylic acids is 1. The Kier molecular flexibility index (Phi) is 7.22. The van der Waals surface area contributed by atoms with E-state index in [-0.39, 0.29) is 17.2 Å². The van der Waals surface area contributed by atoms with E-state index in [1.807, 2.05) is 31.2 Å². The van der Waals surface area contributed by atoms with Crippen molar-refractivity contribution in [3.05, 3.63) is 24.3 Å². The van der Waals surface area contributed by atoms with Gasteiger partial charge in [0.1, 0.15) is 5.75 Å². The van der Waals surface area contributed by atoms with Crippen LogP contribution in [0, 0.1) is 11.8 Å². The van der Waals surface area contributed by atoms with Gasteiger partial charge >= 0.3 is 0 Å². The van der Waals surface area contributed by atoms with Crippen molar-refractivity contribution in [3.63, 3.8) is 0 Å². The largest absolute Gasteiger partial charge is 0.497 e. The van der Waals surface area contributed by atoms with E-state index in [4.69, 9.17) is 4.74 Å². The molecule has 1 amide bonds. The van der Waals surface area contributed by atoms with Crippen LogP contribution in [0.1, 0.15) is 47.0 Å². The predicted molar refractivity (Wildman–Crippen MR) is 117 cm³/mol. The van der Waals surface area contributed by atoms with Crippen LogP contribution in [-0.4, -0.2) is 39.1 Å². The van der Waals surface area contributed by atoms with Crippen LogP contribution in [0.3, 0.4) is 0 Å². The van der Waals surface area contributed by atoms with Gasteiger partial charge in [-0.25, -0.2) is 0 Å². The van der Waals surface area contributed by atoms with E-state index in [1.165, 1.54) is 24.6 Å². The summed E-state index contributed by atoms with van der Waals surface area (Å²) in [4.78, 5) is 12.8. The zero-order valence-electron chi connectivity index (χ0n) is 18.0. The van der Waals surface area contributed by atoms with Gasteiger partial charge in [0.15, 0.2) is 11.0 Å². The molecule has 1 aromatic carbocycles. The summed E-state index contributed by atoms with van der Waals surface area (Å²) in [5, 5.41) is 12.6. The number of nitrogens with zero attached hydrogens (tertiary/aromatic N) is 3. The summed E-state index contributed by atoms with van der Waals surface area (Å²) in [5.41, 5.74) is 0.981. The standard InChI is InChI=1S/C22H32N4O2S/c1-6-26-20(17-10-12-18(28-5)13-11-17)24-25-22(26)29-16(4)21(27)23-19-9-7-8-14(2)15(19)3/h10-16,19H,6-9H2,1-5H3,(H,23,27)/t14-,15-,16+,19+/m0/s1. The van der Waals surface area contributed by atoms with Crippen LogP contribution in [-0.2, 0) is 11.3 Å². The van der Waals surface area contributed by atoms with Gasteiger partial charge in [-0.1, -0.05) is 38.5 Å². The highest BCUT2D eigenvalue weighted by Gasteiger charge is 2.30. The lowest BCUT2D eigenvalue weighted by atomic mass is 9.78. The van der Waals surface area contributed by atoms with E-state index in [0.717, 1.165) is 35.3 Å². The fourth-order valence-corrected chi connectivity index (χ4v) is 4.83. The van der Waals surface area contributed by atoms with Gasteiger partial charge in [-0.2, -0.15) is 0 Å². The number of methoxy groups -OCH3 is 1. The van der Waals surface area contributed by atoms with E-state index in [9.17, 15) is 4.79 Å². The highest BCUT2D eigenvalue weighted by atomic mass is 32.2. The van der Waals surface area contributed by atoms with Crippen molar-refractivity contribution >= 4 is 17.7 Å². The molecule has 0 spiro atoms. The van der Waals surface area contributed by atoms with Crippen molar-refractivity contribution in [2.24, 2.45) is 11.8 Å². The zero-order chi connectivity index (χ0) is 21.0. The van der Waals surface area contributed by atoms with Gasteiger partial charge in [-0.05, 0) is 56.4 Å². The predicted octanol–water partition coefficient (Wildman–Crippen LogP) is 4.40. The molecule has 7 heteroatoms. The molecule has 158 valence electrons. The normalized spacial score (nSPS) is 22.9. The molecule has 1 aliphatic rings. The van der Waals surface area contributed by atoms with Crippen LogP contribution in [0.4, 0.5) is 0 Å². The van der Waals surface area contributed by atoms with Crippen molar-refractivity contribution in [3.8, 4) is 17.1 Å². The lowest BCUT2D eigenvalue weighted by Crippen LogP contribution is -2.46. The Morgan fingerprint density at radius 2 is 2.00 bits per heavy atom. The number of thioether (sulfide) groups is 1. The highest BCUT2D eigenvalue weighted by molar-refractivity contribution is 8.00. The second-order valence-electron chi connectivity index (χ2n) is 7.92. The average molecular weight is 417 g/mol. The highest BCUT2D eigenvalue weighted by Crippen LogP contribution is 2.31. The molecule has 0 bridgehead atoms. The third-order valence-corrected chi connectivity index (χ3v) is 7.15. The lowest BCUT2D eigenvalue weighted by Gasteiger charge is -2.35. The van der Waals surface area contributed by atoms with Crippen LogP contribution < -0.4 is 10.1 Å². The number of aromatic nitrogens is 3. The Morgan fingerprint density at radius 1 is 1.28 bits per heavy atom. The molecule has 1 aromatic heterocycles. The summed E-state index contributed by atoms with van der Waals surface area (Å²) >= 11 is 1.47. The van der Waals surface area contributed by atoms with E-state index in [2.05, 4.69) is 40.9 Å². The van der Waals surface area contributed by atoms with Crippen LogP contribution in [0.15, 0.2) is 29.4 Å². The molecule has 1 fully saturated rings. The number of benzene rings is 1. The Labute approximate surface area is 177 Å². The maximum absolute atomic E-state index is 12.8. The molecule has 6 nitrogen and oxygen atoms in total. The third kappa shape index (κ3) is 4.94. The Morgan fingerprint density at radius 3 is 2.66 bits per heavy atom. The zero-order valence-corrected chi connectivity index (χ0v) is 18.8. The summed E-state index contributed by atoms with van der Waals surface area (Å²) in [6.07, 6.45) is 3.51. The summed E-state index contributed by atoms with van der Waals surface area (Å²) in [7, 11) is 1.65. The number of carbonyl (C=O) groups is 1. The van der Waals surface area contributed by atoms with Gasteiger partial charge in [0.05, 0.1) is 12.4 Å². The quantitative estimate of drug-likeness (QED) is 0.678. The maximum atomic E-state index is 12.8. The molecular formula is C22H32N4O2S. The number of nitrogens with one attached hydrogen (secondary N) is 1. The van der Waals surface area contributed by atoms with E-state index in [1.54, 1.807) is 7.11 Å². The fourth-order valence-electron chi connectivity index (χ4n) is 3.91. The Hall–Kier alpha value is -2.02. The fraction of sp³-hybridized carbons (Fsp3) is 0.591. The minimum atomic E-state index is -0.224. The van der Waals surface area contributed by atoms with Gasteiger partial charge in [0.2, 0.25) is 5.91 Å². The molecule has 3 rings (SSSR count). The number of amides is 1. The topological polar surface area (TPSA) is 69.0 Å². The van der Waals surface area contributed by atoms with Crippen molar-refractivity contribution in [2.75, 3.05) is 7.11 Å². The molecule has 1 N–H and O–H groups in total. The molecule has 1 saturated carbocycles. The van der Waals surface area contributed by atoms with Crippen molar-refractivity contribution < 1.29 is 9.53 Å². The lowest BCUT2D eigenvalue weighted by molar-refractivity contribution is -0.121. The summed E-state index contributed by atoms with van der Waals surface area (Å²) in [6.45, 7) is 9.28. The van der Waals surface area contributed by atoms with Crippen molar-refractivity contribution in [2.45, 2.75) is 70.0 Å². The van der Waals surface area contributed by atoms with Gasteiger partial charge < -0.3 is 14.6 Å². The second-order valence-corrected chi connectivity index (χ2v) is 9.23. The van der Waals surface area contributed by atoms with E-state index < -0.39 is 0 Å². The summed E-state index contributed by atoms with van der Waals surface area (Å²) < 4.78 is 7.29. The third-order valence-electron chi connectivity index (χ3n) is 6.07. The number of hydrogen-bond donors (Lipinski definition) is 1. The van der Waals surface area contributed by atoms with Gasteiger partial charge in [0.25, 0.3) is 0 Å². The molecule has 29 heavy (non-hydrogen) atoms. The Bertz CT molecular complexity index is 821. The average Bonchev–Trinajstić information content (AvgIpc) is 3.13. The number of ether oxygens (including phenoxy) is 1. The van der Waals surface area contributed by atoms with E-state index >= 15 is 0 Å². The number of hydrogen-bond acceptors (Lipinski definition) is 5. The van der Waals surface area contributed by atoms with Crippen LogP contribution in [0.25, 0.3) is 11.4 Å². The minimum Gasteiger partial charge on any atom is -0.497 e. The van der Waals surface area contributed by atoms with Crippen molar-refractivity contribution in [1.29, 1.82) is 0 Å². The van der Waals surface area contributed by atoms with Crippen molar-refractivity contribution in [1.82, 2.24) is 20.1 Å². The van der Waals surface area contributed by atoms with E-state index in [0.29, 0.717) is 11.8 Å². The smallest absolute Gasteiger partial charge is 0.233 e. The molecule has 4 atom stereocenters. The molecule has 0 aliphatic heterocycles. The van der Waals surface area contributed by atoms with Crippen LogP contribution in [0.5, 0.6) is 5.75 Å². The summed E-state index contributed by atoms with van der Waals surface area (Å²) in [5.74, 6) is 2.87. The molecular weight excluding hydrogens is 384 g/mol. The first-order chi connectivity index (χ1) is 13.9. The second kappa shape index (κ2) is 9.65. The minimum absolute atomic E-state index is 0.0811. The first-order valence-corrected chi connectivity index (χ1v) is 11.4. The Balaban J connectivity index is 1.69. The number of rotatable bonds is 7. The van der Waals surface area contributed by atoms with Gasteiger partial charge in [-0.3, -0.25) is 4.79 Å². The molecule has 2 aromatic rings.